The molecule has 0 fully saturated rings. The van der Waals surface area contributed by atoms with Gasteiger partial charge in [0.1, 0.15) is 0 Å². The first kappa shape index (κ1) is 21.3. The largest absolute Gasteiger partial charge is 0.392 e. The van der Waals surface area contributed by atoms with Gasteiger partial charge >= 0.3 is 0 Å². The van der Waals surface area contributed by atoms with Crippen LogP contribution < -0.4 is 5.32 Å². The van der Waals surface area contributed by atoms with Gasteiger partial charge in [-0.05, 0) is 27.8 Å². The van der Waals surface area contributed by atoms with Gasteiger partial charge in [-0.15, -0.1) is 24.0 Å². The van der Waals surface area contributed by atoms with Crippen LogP contribution >= 0.6 is 24.0 Å². The van der Waals surface area contributed by atoms with Crippen LogP contribution in [0, 0.1) is 0 Å². The fourth-order valence-corrected chi connectivity index (χ4v) is 3.59. The number of halogens is 1. The van der Waals surface area contributed by atoms with Gasteiger partial charge in [-0.25, -0.2) is 0 Å². The highest BCUT2D eigenvalue weighted by Crippen LogP contribution is 2.25. The molecule has 3 aromatic rings. The lowest BCUT2D eigenvalue weighted by molar-refractivity contribution is 0.282. The van der Waals surface area contributed by atoms with Crippen LogP contribution in [0.15, 0.2) is 83.9 Å². The van der Waals surface area contributed by atoms with Crippen LogP contribution in [0.5, 0.6) is 0 Å². The number of guanidine groups is 1. The maximum atomic E-state index is 9.21. The highest BCUT2D eigenvalue weighted by molar-refractivity contribution is 14.0. The summed E-state index contributed by atoms with van der Waals surface area (Å²) in [5, 5.41) is 12.7. The molecule has 4 rings (SSSR count). The van der Waals surface area contributed by atoms with Crippen molar-refractivity contribution < 1.29 is 5.11 Å². The Kier molecular flexibility index (Phi) is 7.28. The highest BCUT2D eigenvalue weighted by Gasteiger charge is 2.22. The van der Waals surface area contributed by atoms with Gasteiger partial charge in [0.25, 0.3) is 0 Å². The molecule has 29 heavy (non-hydrogen) atoms. The van der Waals surface area contributed by atoms with E-state index >= 15 is 0 Å². The van der Waals surface area contributed by atoms with E-state index in [1.165, 1.54) is 22.3 Å². The van der Waals surface area contributed by atoms with Crippen molar-refractivity contribution in [2.24, 2.45) is 4.99 Å². The number of benzene rings is 3. The summed E-state index contributed by atoms with van der Waals surface area (Å²) in [7, 11) is 2.07. The Labute approximate surface area is 189 Å². The molecular weight excluding hydrogens is 473 g/mol. The molecule has 5 heteroatoms. The molecular formula is C24H26IN3O. The predicted molar refractivity (Wildman–Crippen MR) is 129 cm³/mol. The van der Waals surface area contributed by atoms with Crippen molar-refractivity contribution in [2.75, 3.05) is 13.6 Å². The molecule has 0 spiro atoms. The van der Waals surface area contributed by atoms with E-state index < -0.39 is 0 Å². The first-order chi connectivity index (χ1) is 13.7. The second kappa shape index (κ2) is 9.89. The van der Waals surface area contributed by atoms with Crippen molar-refractivity contribution in [1.29, 1.82) is 0 Å². The number of hydrogen-bond acceptors (Lipinski definition) is 4. The monoisotopic (exact) mass is 499 g/mol. The van der Waals surface area contributed by atoms with E-state index in [4.69, 9.17) is 4.99 Å². The molecule has 0 saturated carbocycles. The number of hydrogen-bond donors (Lipinski definition) is 2. The van der Waals surface area contributed by atoms with Crippen molar-refractivity contribution in [2.45, 2.75) is 19.2 Å². The summed E-state index contributed by atoms with van der Waals surface area (Å²) in [4.78, 5) is 6.89. The summed E-state index contributed by atoms with van der Waals surface area (Å²) in [6.45, 7) is 1.58. The summed E-state index contributed by atoms with van der Waals surface area (Å²) in [5.74, 6) is 0.916. The van der Waals surface area contributed by atoms with Gasteiger partial charge in [0.05, 0.1) is 19.2 Å². The van der Waals surface area contributed by atoms with Crippen LogP contribution in [0.2, 0.25) is 0 Å². The zero-order valence-corrected chi connectivity index (χ0v) is 18.8. The zero-order chi connectivity index (χ0) is 19.3. The fourth-order valence-electron chi connectivity index (χ4n) is 3.59. The van der Waals surface area contributed by atoms with Gasteiger partial charge in [0.15, 0.2) is 5.96 Å². The fraction of sp³-hybridized carbons (Fsp3) is 0.208. The molecule has 3 aromatic carbocycles. The van der Waals surface area contributed by atoms with E-state index in [0.717, 1.165) is 24.6 Å². The van der Waals surface area contributed by atoms with Crippen molar-refractivity contribution in [3.63, 3.8) is 0 Å². The number of aliphatic hydroxyl groups is 1. The smallest absolute Gasteiger partial charge is 0.194 e. The van der Waals surface area contributed by atoms with E-state index in [-0.39, 0.29) is 36.6 Å². The molecule has 2 N–H and O–H groups in total. The molecule has 0 aromatic heterocycles. The first-order valence-corrected chi connectivity index (χ1v) is 9.60. The Morgan fingerprint density at radius 1 is 0.966 bits per heavy atom. The SMILES string of the molecule is CN(Cc1ccccc1-c1ccccc1)C1=NCC(c2ccc(CO)cc2)N1.I. The molecule has 0 amide bonds. The quantitative estimate of drug-likeness (QED) is 0.505. The molecule has 1 atom stereocenters. The summed E-state index contributed by atoms with van der Waals surface area (Å²) in [6.07, 6.45) is 0. The van der Waals surface area contributed by atoms with Crippen LogP contribution in [0.1, 0.15) is 22.7 Å². The lowest BCUT2D eigenvalue weighted by Crippen LogP contribution is -2.36. The summed E-state index contributed by atoms with van der Waals surface area (Å²) in [6, 6.07) is 27.3. The third-order valence-electron chi connectivity index (χ3n) is 5.16. The Morgan fingerprint density at radius 3 is 2.38 bits per heavy atom. The van der Waals surface area contributed by atoms with E-state index in [1.54, 1.807) is 0 Å². The minimum Gasteiger partial charge on any atom is -0.392 e. The third-order valence-corrected chi connectivity index (χ3v) is 5.16. The molecule has 1 aliphatic rings. The van der Waals surface area contributed by atoms with Gasteiger partial charge in [-0.1, -0.05) is 78.9 Å². The molecule has 150 valence electrons. The third kappa shape index (κ3) is 4.97. The average Bonchev–Trinajstić information content (AvgIpc) is 3.25. The number of rotatable bonds is 5. The second-order valence-corrected chi connectivity index (χ2v) is 7.14. The minimum atomic E-state index is 0. The summed E-state index contributed by atoms with van der Waals surface area (Å²) in [5.41, 5.74) is 5.88. The molecule has 1 heterocycles. The maximum Gasteiger partial charge on any atom is 0.194 e. The summed E-state index contributed by atoms with van der Waals surface area (Å²) < 4.78 is 0. The standard InChI is InChI=1S/C24H25N3O.HI/c1-27(16-21-9-5-6-10-22(21)19-7-3-2-4-8-19)24-25-15-23(26-24)20-13-11-18(17-28)12-14-20;/h2-14,23,28H,15-17H2,1H3,(H,25,26);1H. The van der Waals surface area contributed by atoms with Crippen LogP contribution in [0.25, 0.3) is 11.1 Å². The second-order valence-electron chi connectivity index (χ2n) is 7.14. The Hall–Kier alpha value is -2.38. The maximum absolute atomic E-state index is 9.21. The van der Waals surface area contributed by atoms with E-state index in [0.29, 0.717) is 0 Å². The van der Waals surface area contributed by atoms with E-state index in [2.05, 4.69) is 77.9 Å². The van der Waals surface area contributed by atoms with Crippen molar-refractivity contribution >= 4 is 29.9 Å². The zero-order valence-electron chi connectivity index (χ0n) is 16.5. The normalized spacial score (nSPS) is 15.2. The van der Waals surface area contributed by atoms with E-state index in [9.17, 15) is 5.11 Å². The van der Waals surface area contributed by atoms with Crippen LogP contribution in [-0.4, -0.2) is 29.6 Å². The molecule has 1 unspecified atom stereocenters. The Balaban J connectivity index is 0.00000240. The number of aliphatic imine (C=N–C) groups is 1. The lowest BCUT2D eigenvalue weighted by Gasteiger charge is -2.22. The van der Waals surface area contributed by atoms with Gasteiger partial charge in [0.2, 0.25) is 0 Å². The minimum absolute atomic E-state index is 0. The highest BCUT2D eigenvalue weighted by atomic mass is 127. The molecule has 0 aliphatic carbocycles. The topological polar surface area (TPSA) is 47.9 Å². The molecule has 0 bridgehead atoms. The Morgan fingerprint density at radius 2 is 1.66 bits per heavy atom. The molecule has 4 nitrogen and oxygen atoms in total. The average molecular weight is 499 g/mol. The Bertz CT molecular complexity index is 957. The van der Waals surface area contributed by atoms with Crippen molar-refractivity contribution in [3.05, 3.63) is 95.6 Å². The van der Waals surface area contributed by atoms with Gasteiger partial charge < -0.3 is 15.3 Å². The van der Waals surface area contributed by atoms with Crippen molar-refractivity contribution in [1.82, 2.24) is 10.2 Å². The molecule has 0 radical (unpaired) electrons. The van der Waals surface area contributed by atoms with E-state index in [1.807, 2.05) is 18.2 Å². The summed E-state index contributed by atoms with van der Waals surface area (Å²) >= 11 is 0. The van der Waals surface area contributed by atoms with Crippen LogP contribution in [-0.2, 0) is 13.2 Å². The number of aliphatic hydroxyl groups excluding tert-OH is 1. The first-order valence-electron chi connectivity index (χ1n) is 9.60. The molecule has 1 aliphatic heterocycles. The van der Waals surface area contributed by atoms with Crippen LogP contribution in [0.4, 0.5) is 0 Å². The predicted octanol–water partition coefficient (Wildman–Crippen LogP) is 4.60. The van der Waals surface area contributed by atoms with Gasteiger partial charge in [-0.2, -0.15) is 0 Å². The van der Waals surface area contributed by atoms with Crippen molar-refractivity contribution in [3.8, 4) is 11.1 Å². The molecule has 0 saturated heterocycles. The lowest BCUT2D eigenvalue weighted by atomic mass is 9.99. The number of nitrogens with one attached hydrogen (secondary N) is 1. The van der Waals surface area contributed by atoms with Gasteiger partial charge in [-0.3, -0.25) is 4.99 Å². The van der Waals surface area contributed by atoms with Crippen LogP contribution in [0.3, 0.4) is 0 Å². The van der Waals surface area contributed by atoms with Gasteiger partial charge in [0, 0.05) is 13.6 Å². The number of nitrogens with zero attached hydrogens (tertiary/aromatic N) is 2.